The first-order valence-corrected chi connectivity index (χ1v) is 4.85. The van der Waals surface area contributed by atoms with E-state index >= 15 is 0 Å². The van der Waals surface area contributed by atoms with Gasteiger partial charge in [-0.1, -0.05) is 20.3 Å². The quantitative estimate of drug-likeness (QED) is 0.292. The number of carboxylic acids is 2. The highest BCUT2D eigenvalue weighted by atomic mass is 16.5. The van der Waals surface area contributed by atoms with E-state index in [2.05, 4.69) is 0 Å². The van der Waals surface area contributed by atoms with Crippen molar-refractivity contribution in [3.05, 3.63) is 11.8 Å². The van der Waals surface area contributed by atoms with E-state index in [9.17, 15) is 9.59 Å². The monoisotopic (exact) mass is 216 g/mol. The third kappa shape index (κ3) is 5.05. The van der Waals surface area contributed by atoms with Gasteiger partial charge in [0.2, 0.25) is 0 Å². The number of ether oxygens (including phenoxy) is 1. The fourth-order valence-electron chi connectivity index (χ4n) is 1.05. The number of hydrogen-bond donors (Lipinski definition) is 2. The van der Waals surface area contributed by atoms with Gasteiger partial charge >= 0.3 is 11.9 Å². The van der Waals surface area contributed by atoms with E-state index in [0.717, 1.165) is 25.5 Å². The Hall–Kier alpha value is -1.52. The van der Waals surface area contributed by atoms with Crippen LogP contribution in [-0.2, 0) is 14.3 Å². The van der Waals surface area contributed by atoms with Crippen LogP contribution in [0.25, 0.3) is 0 Å². The van der Waals surface area contributed by atoms with Gasteiger partial charge in [-0.15, -0.1) is 0 Å². The molecule has 0 amide bonds. The first-order valence-electron chi connectivity index (χ1n) is 4.85. The zero-order valence-electron chi connectivity index (χ0n) is 8.90. The lowest BCUT2D eigenvalue weighted by molar-refractivity contribution is -0.140. The Morgan fingerprint density at radius 2 is 1.80 bits per heavy atom. The van der Waals surface area contributed by atoms with Crippen LogP contribution in [0, 0.1) is 0 Å². The summed E-state index contributed by atoms with van der Waals surface area (Å²) in [7, 11) is 0. The Morgan fingerprint density at radius 3 is 2.13 bits per heavy atom. The second-order valence-electron chi connectivity index (χ2n) is 3.10. The minimum absolute atomic E-state index is 0.122. The SMILES string of the molecule is CCCC(CC)OC=C(C(=O)O)C(=O)O. The largest absolute Gasteiger partial charge is 0.497 e. The molecule has 0 saturated carbocycles. The van der Waals surface area contributed by atoms with Crippen LogP contribution in [0.2, 0.25) is 0 Å². The van der Waals surface area contributed by atoms with Gasteiger partial charge < -0.3 is 14.9 Å². The molecule has 86 valence electrons. The summed E-state index contributed by atoms with van der Waals surface area (Å²) in [6.07, 6.45) is 3.09. The van der Waals surface area contributed by atoms with Crippen molar-refractivity contribution in [1.29, 1.82) is 0 Å². The predicted octanol–water partition coefficient (Wildman–Crippen LogP) is 1.63. The van der Waals surface area contributed by atoms with Crippen molar-refractivity contribution in [2.24, 2.45) is 0 Å². The molecule has 2 N–H and O–H groups in total. The number of carbonyl (C=O) groups is 2. The number of rotatable bonds is 7. The predicted molar refractivity (Wildman–Crippen MR) is 53.4 cm³/mol. The van der Waals surface area contributed by atoms with Gasteiger partial charge in [-0.3, -0.25) is 0 Å². The molecule has 0 saturated heterocycles. The molecule has 0 rings (SSSR count). The molecular weight excluding hydrogens is 200 g/mol. The van der Waals surface area contributed by atoms with Crippen molar-refractivity contribution in [2.45, 2.75) is 39.2 Å². The van der Waals surface area contributed by atoms with Crippen molar-refractivity contribution < 1.29 is 24.5 Å². The maximum absolute atomic E-state index is 10.5. The van der Waals surface area contributed by atoms with Gasteiger partial charge in [-0.25, -0.2) is 9.59 Å². The molecule has 0 fully saturated rings. The van der Waals surface area contributed by atoms with Gasteiger partial charge in [0.15, 0.2) is 5.57 Å². The minimum atomic E-state index is -1.49. The maximum Gasteiger partial charge on any atom is 0.346 e. The van der Waals surface area contributed by atoms with Crippen LogP contribution >= 0.6 is 0 Å². The average Bonchev–Trinajstić information content (AvgIpc) is 2.15. The Balaban J connectivity index is 4.43. The van der Waals surface area contributed by atoms with Gasteiger partial charge in [-0.2, -0.15) is 0 Å². The first kappa shape index (κ1) is 13.5. The van der Waals surface area contributed by atoms with Crippen molar-refractivity contribution in [3.8, 4) is 0 Å². The fourth-order valence-corrected chi connectivity index (χ4v) is 1.05. The summed E-state index contributed by atoms with van der Waals surface area (Å²) in [5.74, 6) is -2.98. The Morgan fingerprint density at radius 1 is 1.27 bits per heavy atom. The normalized spacial score (nSPS) is 11.6. The molecule has 5 heteroatoms. The molecule has 0 heterocycles. The van der Waals surface area contributed by atoms with E-state index in [-0.39, 0.29) is 6.10 Å². The number of hydrogen-bond acceptors (Lipinski definition) is 3. The summed E-state index contributed by atoms with van der Waals surface area (Å²) >= 11 is 0. The fraction of sp³-hybridized carbons (Fsp3) is 0.600. The lowest BCUT2D eigenvalue weighted by Crippen LogP contribution is -2.14. The van der Waals surface area contributed by atoms with Crippen molar-refractivity contribution >= 4 is 11.9 Å². The summed E-state index contributed by atoms with van der Waals surface area (Å²) in [5, 5.41) is 17.1. The zero-order chi connectivity index (χ0) is 11.8. The maximum atomic E-state index is 10.5. The lowest BCUT2D eigenvalue weighted by atomic mass is 10.1. The third-order valence-electron chi connectivity index (χ3n) is 1.91. The van der Waals surface area contributed by atoms with Crippen LogP contribution in [0.15, 0.2) is 11.8 Å². The van der Waals surface area contributed by atoms with Gasteiger partial charge in [0, 0.05) is 0 Å². The number of carboxylic acid groups (broad SMARTS) is 2. The van der Waals surface area contributed by atoms with Gasteiger partial charge in [0.05, 0.1) is 6.10 Å². The van der Waals surface area contributed by atoms with Crippen LogP contribution in [0.3, 0.4) is 0 Å². The molecule has 0 bridgehead atoms. The zero-order valence-corrected chi connectivity index (χ0v) is 8.90. The number of aliphatic carboxylic acids is 2. The van der Waals surface area contributed by atoms with Crippen LogP contribution in [0.1, 0.15) is 33.1 Å². The molecule has 0 aromatic carbocycles. The Kier molecular flexibility index (Phi) is 6.17. The summed E-state index contributed by atoms with van der Waals surface area (Å²) in [6.45, 7) is 3.88. The van der Waals surface area contributed by atoms with Crippen LogP contribution in [-0.4, -0.2) is 28.3 Å². The molecule has 0 aromatic rings. The van der Waals surface area contributed by atoms with E-state index in [1.807, 2.05) is 13.8 Å². The van der Waals surface area contributed by atoms with E-state index in [1.165, 1.54) is 0 Å². The lowest BCUT2D eigenvalue weighted by Gasteiger charge is -2.13. The summed E-state index contributed by atoms with van der Waals surface area (Å²) in [4.78, 5) is 20.9. The van der Waals surface area contributed by atoms with Crippen molar-refractivity contribution in [2.75, 3.05) is 0 Å². The smallest absolute Gasteiger partial charge is 0.346 e. The second-order valence-corrected chi connectivity index (χ2v) is 3.10. The van der Waals surface area contributed by atoms with Crippen molar-refractivity contribution in [1.82, 2.24) is 0 Å². The molecular formula is C10H16O5. The molecule has 1 unspecified atom stereocenters. The van der Waals surface area contributed by atoms with Crippen LogP contribution < -0.4 is 0 Å². The molecule has 0 aliphatic carbocycles. The molecule has 1 atom stereocenters. The Bertz CT molecular complexity index is 241. The van der Waals surface area contributed by atoms with E-state index in [4.69, 9.17) is 14.9 Å². The van der Waals surface area contributed by atoms with Crippen molar-refractivity contribution in [3.63, 3.8) is 0 Å². The Labute approximate surface area is 88.4 Å². The highest BCUT2D eigenvalue weighted by Gasteiger charge is 2.17. The topological polar surface area (TPSA) is 83.8 Å². The summed E-state index contributed by atoms with van der Waals surface area (Å²) in [6, 6.07) is 0. The molecule has 0 spiro atoms. The molecule has 5 nitrogen and oxygen atoms in total. The molecule has 15 heavy (non-hydrogen) atoms. The standard InChI is InChI=1S/C10H16O5/c1-3-5-7(4-2)15-6-8(9(11)12)10(13)14/h6-7H,3-5H2,1-2H3,(H,11,12)(H,13,14). The second kappa shape index (κ2) is 6.86. The van der Waals surface area contributed by atoms with Gasteiger partial charge in [-0.05, 0) is 12.8 Å². The molecule has 0 radical (unpaired) electrons. The highest BCUT2D eigenvalue weighted by molar-refractivity contribution is 6.12. The molecule has 0 aliphatic heterocycles. The summed E-state index contributed by atoms with van der Waals surface area (Å²) < 4.78 is 5.09. The average molecular weight is 216 g/mol. The van der Waals surface area contributed by atoms with Gasteiger partial charge in [0.25, 0.3) is 0 Å². The van der Waals surface area contributed by atoms with E-state index < -0.39 is 17.5 Å². The van der Waals surface area contributed by atoms with Gasteiger partial charge in [0.1, 0.15) is 6.26 Å². The minimum Gasteiger partial charge on any atom is -0.497 e. The first-order chi connectivity index (χ1) is 7.02. The highest BCUT2D eigenvalue weighted by Crippen LogP contribution is 2.08. The van der Waals surface area contributed by atoms with E-state index in [0.29, 0.717) is 0 Å². The molecule has 0 aliphatic rings. The summed E-state index contributed by atoms with van der Waals surface area (Å²) in [5.41, 5.74) is -0.746. The van der Waals surface area contributed by atoms with E-state index in [1.54, 1.807) is 0 Å². The van der Waals surface area contributed by atoms with Crippen LogP contribution in [0.5, 0.6) is 0 Å². The third-order valence-corrected chi connectivity index (χ3v) is 1.91. The van der Waals surface area contributed by atoms with Crippen LogP contribution in [0.4, 0.5) is 0 Å². The molecule has 0 aromatic heterocycles.